The maximum atomic E-state index is 12.7. The van der Waals surface area contributed by atoms with Gasteiger partial charge in [-0.2, -0.15) is 0 Å². The Morgan fingerprint density at radius 3 is 2.73 bits per heavy atom. The molecule has 2 atom stereocenters. The van der Waals surface area contributed by atoms with Crippen molar-refractivity contribution in [3.8, 4) is 0 Å². The molecule has 1 aromatic rings. The number of hydrogen-bond acceptors (Lipinski definition) is 4. The van der Waals surface area contributed by atoms with Crippen LogP contribution in [0.15, 0.2) is 18.2 Å². The first kappa shape index (κ1) is 18.9. The third-order valence-electron chi connectivity index (χ3n) is 5.50. The van der Waals surface area contributed by atoms with Gasteiger partial charge >= 0.3 is 0 Å². The van der Waals surface area contributed by atoms with E-state index < -0.39 is 0 Å². The van der Waals surface area contributed by atoms with Gasteiger partial charge in [0.2, 0.25) is 11.8 Å². The van der Waals surface area contributed by atoms with E-state index in [0.29, 0.717) is 26.1 Å². The van der Waals surface area contributed by atoms with Gasteiger partial charge < -0.3 is 16.0 Å². The Labute approximate surface area is 155 Å². The molecule has 26 heavy (non-hydrogen) atoms. The van der Waals surface area contributed by atoms with Crippen LogP contribution < -0.4 is 11.1 Å². The van der Waals surface area contributed by atoms with Crippen LogP contribution in [0.25, 0.3) is 0 Å². The molecule has 142 valence electrons. The predicted octanol–water partition coefficient (Wildman–Crippen LogP) is 0.944. The Bertz CT molecular complexity index is 676. The van der Waals surface area contributed by atoms with E-state index in [9.17, 15) is 9.59 Å². The molecule has 2 heterocycles. The fraction of sp³-hybridized carbons (Fsp3) is 0.600. The molecule has 2 aliphatic rings. The maximum absolute atomic E-state index is 12.7. The molecular formula is C20H30N4O2. The largest absolute Gasteiger partial charge is 0.342 e. The molecule has 6 nitrogen and oxygen atoms in total. The summed E-state index contributed by atoms with van der Waals surface area (Å²) in [4.78, 5) is 29.3. The average molecular weight is 358 g/mol. The first-order valence-electron chi connectivity index (χ1n) is 9.59. The number of carbonyl (C=O) groups is 2. The molecule has 2 amide bonds. The SMILES string of the molecule is Cc1ccc(CN2CCN3C(=O)[C@H](CCCCN)NC(=O)[C@H]3C2)c(C)c1. The zero-order chi connectivity index (χ0) is 18.7. The lowest BCUT2D eigenvalue weighted by atomic mass is 9.99. The number of carbonyl (C=O) groups excluding carboxylic acids is 2. The summed E-state index contributed by atoms with van der Waals surface area (Å²) < 4.78 is 0. The Hall–Kier alpha value is -1.92. The van der Waals surface area contributed by atoms with E-state index in [-0.39, 0.29) is 23.9 Å². The van der Waals surface area contributed by atoms with Crippen LogP contribution in [-0.4, -0.2) is 59.9 Å². The van der Waals surface area contributed by atoms with Crippen molar-refractivity contribution in [2.75, 3.05) is 26.2 Å². The molecular weight excluding hydrogens is 328 g/mol. The summed E-state index contributed by atoms with van der Waals surface area (Å²) in [5.74, 6) is 0.0467. The highest BCUT2D eigenvalue weighted by atomic mass is 16.2. The van der Waals surface area contributed by atoms with Crippen molar-refractivity contribution in [3.05, 3.63) is 34.9 Å². The van der Waals surface area contributed by atoms with Crippen LogP contribution >= 0.6 is 0 Å². The molecule has 0 saturated carbocycles. The molecule has 6 heteroatoms. The molecule has 0 radical (unpaired) electrons. The van der Waals surface area contributed by atoms with Crippen molar-refractivity contribution in [1.29, 1.82) is 0 Å². The number of hydrogen-bond donors (Lipinski definition) is 2. The molecule has 3 rings (SSSR count). The zero-order valence-electron chi connectivity index (χ0n) is 15.8. The summed E-state index contributed by atoms with van der Waals surface area (Å²) in [5.41, 5.74) is 9.34. The minimum Gasteiger partial charge on any atom is -0.342 e. The summed E-state index contributed by atoms with van der Waals surface area (Å²) in [7, 11) is 0. The highest BCUT2D eigenvalue weighted by molar-refractivity contribution is 5.97. The molecule has 0 unspecified atom stereocenters. The van der Waals surface area contributed by atoms with Crippen molar-refractivity contribution in [1.82, 2.24) is 15.1 Å². The standard InChI is InChI=1S/C20H30N4O2/c1-14-6-7-16(15(2)11-14)12-23-9-10-24-18(13-23)19(25)22-17(20(24)26)5-3-4-8-21/h6-7,11,17-18H,3-5,8-10,12-13,21H2,1-2H3,(H,22,25)/t17-,18+/m0/s1. The number of unbranched alkanes of at least 4 members (excludes halogenated alkanes) is 1. The monoisotopic (exact) mass is 358 g/mol. The summed E-state index contributed by atoms with van der Waals surface area (Å²) in [5, 5.41) is 2.93. The molecule has 2 aliphatic heterocycles. The minimum absolute atomic E-state index is 0.0207. The number of nitrogens with zero attached hydrogens (tertiary/aromatic N) is 2. The second kappa shape index (κ2) is 8.18. The minimum atomic E-state index is -0.379. The Balaban J connectivity index is 1.62. The topological polar surface area (TPSA) is 78.7 Å². The maximum Gasteiger partial charge on any atom is 0.245 e. The zero-order valence-corrected chi connectivity index (χ0v) is 15.8. The van der Waals surface area contributed by atoms with Crippen LogP contribution in [0.5, 0.6) is 0 Å². The smallest absolute Gasteiger partial charge is 0.245 e. The molecule has 0 spiro atoms. The number of aryl methyl sites for hydroxylation is 2. The number of piperazine rings is 2. The lowest BCUT2D eigenvalue weighted by Crippen LogP contribution is -2.69. The summed E-state index contributed by atoms with van der Waals surface area (Å²) in [6.45, 7) is 7.68. The number of fused-ring (bicyclic) bond motifs is 1. The molecule has 2 saturated heterocycles. The van der Waals surface area contributed by atoms with Gasteiger partial charge in [-0.15, -0.1) is 0 Å². The lowest BCUT2D eigenvalue weighted by Gasteiger charge is -2.45. The normalized spacial score (nSPS) is 23.7. The number of nitrogens with one attached hydrogen (secondary N) is 1. The van der Waals surface area contributed by atoms with Gasteiger partial charge in [-0.1, -0.05) is 23.8 Å². The van der Waals surface area contributed by atoms with Gasteiger partial charge in [0, 0.05) is 26.2 Å². The second-order valence-corrected chi connectivity index (χ2v) is 7.56. The fourth-order valence-electron chi connectivity index (χ4n) is 3.95. The number of benzene rings is 1. The van der Waals surface area contributed by atoms with E-state index in [2.05, 4.69) is 42.3 Å². The van der Waals surface area contributed by atoms with Gasteiger partial charge in [0.05, 0.1) is 0 Å². The van der Waals surface area contributed by atoms with Crippen molar-refractivity contribution >= 4 is 11.8 Å². The number of nitrogens with two attached hydrogens (primary N) is 1. The van der Waals surface area contributed by atoms with Crippen molar-refractivity contribution in [2.45, 2.75) is 51.7 Å². The van der Waals surface area contributed by atoms with Gasteiger partial charge in [0.25, 0.3) is 0 Å². The average Bonchev–Trinajstić information content (AvgIpc) is 2.62. The molecule has 1 aromatic carbocycles. The summed E-state index contributed by atoms with van der Waals surface area (Å²) >= 11 is 0. The third kappa shape index (κ3) is 4.07. The van der Waals surface area contributed by atoms with Crippen LogP contribution in [0.2, 0.25) is 0 Å². The molecule has 0 bridgehead atoms. The molecule has 0 aliphatic carbocycles. The Morgan fingerprint density at radius 1 is 1.19 bits per heavy atom. The molecule has 0 aromatic heterocycles. The van der Waals surface area contributed by atoms with Gasteiger partial charge in [0.15, 0.2) is 0 Å². The van der Waals surface area contributed by atoms with Crippen LogP contribution in [0.4, 0.5) is 0 Å². The van der Waals surface area contributed by atoms with E-state index in [4.69, 9.17) is 5.73 Å². The number of amides is 2. The van der Waals surface area contributed by atoms with Crippen molar-refractivity contribution in [2.24, 2.45) is 5.73 Å². The Morgan fingerprint density at radius 2 is 2.00 bits per heavy atom. The van der Waals surface area contributed by atoms with E-state index >= 15 is 0 Å². The van der Waals surface area contributed by atoms with Crippen molar-refractivity contribution in [3.63, 3.8) is 0 Å². The van der Waals surface area contributed by atoms with Gasteiger partial charge in [0.1, 0.15) is 12.1 Å². The first-order valence-corrected chi connectivity index (χ1v) is 9.59. The highest BCUT2D eigenvalue weighted by Gasteiger charge is 2.42. The van der Waals surface area contributed by atoms with Crippen LogP contribution in [-0.2, 0) is 16.1 Å². The molecule has 3 N–H and O–H groups in total. The summed E-state index contributed by atoms with van der Waals surface area (Å²) in [6.07, 6.45) is 2.43. The highest BCUT2D eigenvalue weighted by Crippen LogP contribution is 2.21. The van der Waals surface area contributed by atoms with Gasteiger partial charge in [-0.25, -0.2) is 0 Å². The second-order valence-electron chi connectivity index (χ2n) is 7.56. The molecule has 2 fully saturated rings. The van der Waals surface area contributed by atoms with Gasteiger partial charge in [-0.05, 0) is 50.8 Å². The lowest BCUT2D eigenvalue weighted by molar-refractivity contribution is -0.153. The van der Waals surface area contributed by atoms with Gasteiger partial charge in [-0.3, -0.25) is 14.5 Å². The van der Waals surface area contributed by atoms with Crippen LogP contribution in [0.1, 0.15) is 36.0 Å². The van der Waals surface area contributed by atoms with Crippen molar-refractivity contribution < 1.29 is 9.59 Å². The van der Waals surface area contributed by atoms with E-state index in [1.807, 2.05) is 0 Å². The fourth-order valence-corrected chi connectivity index (χ4v) is 3.95. The third-order valence-corrected chi connectivity index (χ3v) is 5.50. The van der Waals surface area contributed by atoms with E-state index in [1.165, 1.54) is 16.7 Å². The first-order chi connectivity index (χ1) is 12.5. The van der Waals surface area contributed by atoms with Crippen LogP contribution in [0, 0.1) is 13.8 Å². The van der Waals surface area contributed by atoms with Crippen LogP contribution in [0.3, 0.4) is 0 Å². The predicted molar refractivity (Wildman–Crippen MR) is 102 cm³/mol. The number of rotatable bonds is 6. The van der Waals surface area contributed by atoms with E-state index in [1.54, 1.807) is 4.90 Å². The van der Waals surface area contributed by atoms with E-state index in [0.717, 1.165) is 25.9 Å². The Kier molecular flexibility index (Phi) is 5.94. The summed E-state index contributed by atoms with van der Waals surface area (Å²) in [6, 6.07) is 5.73. The quantitative estimate of drug-likeness (QED) is 0.742.